The molecule has 4 saturated carbocycles. The van der Waals surface area contributed by atoms with Gasteiger partial charge in [-0.2, -0.15) is 5.10 Å². The maximum atomic E-state index is 13.7. The van der Waals surface area contributed by atoms with Crippen LogP contribution in [0.15, 0.2) is 30.6 Å². The van der Waals surface area contributed by atoms with Gasteiger partial charge in [-0.1, -0.05) is 29.8 Å². The van der Waals surface area contributed by atoms with Crippen LogP contribution in [0, 0.1) is 31.1 Å². The molecule has 31 heavy (non-hydrogen) atoms. The number of benzene rings is 1. The van der Waals surface area contributed by atoms with Gasteiger partial charge in [0, 0.05) is 6.54 Å². The Morgan fingerprint density at radius 3 is 2.42 bits per heavy atom. The zero-order chi connectivity index (χ0) is 21.8. The summed E-state index contributed by atoms with van der Waals surface area (Å²) >= 11 is 0. The average molecular weight is 422 g/mol. The fraction of sp³-hybridized carbons (Fsp3) is 0.640. The van der Waals surface area contributed by atoms with Crippen molar-refractivity contribution >= 4 is 5.91 Å². The monoisotopic (exact) mass is 421 g/mol. The third kappa shape index (κ3) is 3.59. The Morgan fingerprint density at radius 2 is 1.84 bits per heavy atom. The minimum atomic E-state index is -0.256. The summed E-state index contributed by atoms with van der Waals surface area (Å²) in [6, 6.07) is 8.83. The molecule has 0 spiro atoms. The van der Waals surface area contributed by atoms with Gasteiger partial charge in [-0.25, -0.2) is 9.67 Å². The molecule has 1 aromatic carbocycles. The van der Waals surface area contributed by atoms with Gasteiger partial charge in [-0.05, 0) is 83.9 Å². The number of nitrogens with zero attached hydrogens (tertiary/aromatic N) is 4. The predicted octanol–water partition coefficient (Wildman–Crippen LogP) is 3.61. The van der Waals surface area contributed by atoms with Crippen molar-refractivity contribution in [3.8, 4) is 0 Å². The summed E-state index contributed by atoms with van der Waals surface area (Å²) in [6.45, 7) is 4.70. The van der Waals surface area contributed by atoms with Crippen molar-refractivity contribution in [1.29, 1.82) is 0 Å². The lowest BCUT2D eigenvalue weighted by Crippen LogP contribution is -2.61. The van der Waals surface area contributed by atoms with Crippen LogP contribution in [0.4, 0.5) is 0 Å². The molecule has 4 bridgehead atoms. The van der Waals surface area contributed by atoms with Crippen molar-refractivity contribution < 1.29 is 4.79 Å². The lowest BCUT2D eigenvalue weighted by molar-refractivity contribution is -0.156. The van der Waals surface area contributed by atoms with E-state index in [4.69, 9.17) is 5.10 Å². The summed E-state index contributed by atoms with van der Waals surface area (Å²) in [7, 11) is 4.17. The van der Waals surface area contributed by atoms with Crippen molar-refractivity contribution in [2.45, 2.75) is 64.0 Å². The molecule has 4 fully saturated rings. The molecule has 2 aromatic rings. The van der Waals surface area contributed by atoms with E-state index in [1.807, 2.05) is 13.3 Å². The van der Waals surface area contributed by atoms with Crippen LogP contribution in [0.2, 0.25) is 0 Å². The minimum Gasteiger partial charge on any atom is -0.354 e. The highest BCUT2D eigenvalue weighted by atomic mass is 16.2. The van der Waals surface area contributed by atoms with Crippen LogP contribution < -0.4 is 5.32 Å². The molecule has 1 amide bonds. The zero-order valence-electron chi connectivity index (χ0n) is 19.3. The number of aromatic nitrogens is 3. The Morgan fingerprint density at radius 1 is 1.16 bits per heavy atom. The Balaban J connectivity index is 1.35. The highest BCUT2D eigenvalue weighted by Crippen LogP contribution is 2.64. The van der Waals surface area contributed by atoms with Crippen molar-refractivity contribution in [2.75, 3.05) is 20.6 Å². The fourth-order valence-corrected chi connectivity index (χ4v) is 7.09. The van der Waals surface area contributed by atoms with Gasteiger partial charge in [0.05, 0.1) is 17.0 Å². The predicted molar refractivity (Wildman–Crippen MR) is 120 cm³/mol. The topological polar surface area (TPSA) is 63.1 Å². The second-order valence-corrected chi connectivity index (χ2v) is 10.8. The second kappa shape index (κ2) is 7.44. The van der Waals surface area contributed by atoms with E-state index < -0.39 is 0 Å². The van der Waals surface area contributed by atoms with Crippen molar-refractivity contribution in [1.82, 2.24) is 25.0 Å². The highest BCUT2D eigenvalue weighted by Gasteiger charge is 2.61. The lowest BCUT2D eigenvalue weighted by Gasteiger charge is -2.61. The molecule has 5 atom stereocenters. The van der Waals surface area contributed by atoms with Gasteiger partial charge in [0.15, 0.2) is 0 Å². The third-order valence-electron chi connectivity index (χ3n) is 8.15. The minimum absolute atomic E-state index is 0.0272. The standard InChI is InChI=1S/C25H35N5O/c1-17-5-7-21(8-6-17)22(29(3)4)14-26-23(31)24-10-19-9-20(11-24)13-25(12-19,15-24)30-16-27-18(2)28-30/h5-8,16,19-20,22H,9-15H2,1-4H3,(H,26,31)/t19-,20+,22-,24?,25?/m1/s1. The molecule has 0 aliphatic heterocycles. The van der Waals surface area contributed by atoms with Crippen LogP contribution in [0.1, 0.15) is 61.5 Å². The maximum Gasteiger partial charge on any atom is 0.226 e. The summed E-state index contributed by atoms with van der Waals surface area (Å²) in [6.07, 6.45) is 8.42. The Bertz CT molecular complexity index is 949. The molecule has 4 aliphatic rings. The zero-order valence-corrected chi connectivity index (χ0v) is 19.3. The van der Waals surface area contributed by atoms with Gasteiger partial charge < -0.3 is 10.2 Å². The molecule has 0 radical (unpaired) electrons. The number of hydrogen-bond donors (Lipinski definition) is 1. The first-order valence-corrected chi connectivity index (χ1v) is 11.7. The van der Waals surface area contributed by atoms with E-state index in [0.29, 0.717) is 18.4 Å². The lowest BCUT2D eigenvalue weighted by atomic mass is 9.46. The number of amides is 1. The molecule has 0 saturated heterocycles. The molecule has 1 N–H and O–H groups in total. The summed E-state index contributed by atoms with van der Waals surface area (Å²) in [5.74, 6) is 2.32. The maximum absolute atomic E-state index is 13.7. The molecule has 6 heteroatoms. The number of carbonyl (C=O) groups is 1. The first-order chi connectivity index (χ1) is 14.8. The molecule has 1 aromatic heterocycles. The molecule has 6 rings (SSSR count). The molecule has 6 nitrogen and oxygen atoms in total. The fourth-order valence-electron chi connectivity index (χ4n) is 7.09. The normalized spacial score (nSPS) is 32.4. The number of aryl methyl sites for hydroxylation is 2. The average Bonchev–Trinajstić information content (AvgIpc) is 3.15. The van der Waals surface area contributed by atoms with Crippen LogP contribution in [-0.4, -0.2) is 46.2 Å². The molecule has 4 aliphatic carbocycles. The number of nitrogens with one attached hydrogen (secondary N) is 1. The second-order valence-electron chi connectivity index (χ2n) is 10.8. The first-order valence-electron chi connectivity index (χ1n) is 11.7. The summed E-state index contributed by atoms with van der Waals surface area (Å²) in [5.41, 5.74) is 2.22. The number of rotatable bonds is 6. The molecular formula is C25H35N5O. The largest absolute Gasteiger partial charge is 0.354 e. The van der Waals surface area contributed by atoms with Crippen LogP contribution >= 0.6 is 0 Å². The number of carbonyl (C=O) groups excluding carboxylic acids is 1. The highest BCUT2D eigenvalue weighted by molar-refractivity contribution is 5.83. The van der Waals surface area contributed by atoms with Crippen LogP contribution in [0.25, 0.3) is 0 Å². The van der Waals surface area contributed by atoms with E-state index in [2.05, 4.69) is 65.2 Å². The van der Waals surface area contributed by atoms with Crippen LogP contribution in [0.3, 0.4) is 0 Å². The molecule has 1 heterocycles. The van der Waals surface area contributed by atoms with E-state index in [-0.39, 0.29) is 22.9 Å². The van der Waals surface area contributed by atoms with E-state index >= 15 is 0 Å². The molecule has 2 unspecified atom stereocenters. The van der Waals surface area contributed by atoms with E-state index in [1.54, 1.807) is 0 Å². The van der Waals surface area contributed by atoms with Crippen molar-refractivity contribution in [3.05, 3.63) is 47.5 Å². The SMILES string of the molecule is Cc1ccc([C@@H](CNC(=O)C23C[C@H]4C[C@@H](C2)CC(n2cnc(C)n2)(C4)C3)N(C)C)cc1. The van der Waals surface area contributed by atoms with Crippen LogP contribution in [0.5, 0.6) is 0 Å². The third-order valence-corrected chi connectivity index (χ3v) is 8.15. The quantitative estimate of drug-likeness (QED) is 0.774. The Labute approximate surface area is 185 Å². The summed E-state index contributed by atoms with van der Waals surface area (Å²) < 4.78 is 2.11. The Kier molecular flexibility index (Phi) is 4.96. The van der Waals surface area contributed by atoms with Gasteiger partial charge in [0.2, 0.25) is 5.91 Å². The van der Waals surface area contributed by atoms with E-state index in [0.717, 1.165) is 37.9 Å². The van der Waals surface area contributed by atoms with Gasteiger partial charge in [0.25, 0.3) is 0 Å². The van der Waals surface area contributed by atoms with Gasteiger partial charge >= 0.3 is 0 Å². The van der Waals surface area contributed by atoms with Gasteiger partial charge in [-0.3, -0.25) is 4.79 Å². The molecule has 166 valence electrons. The first kappa shape index (κ1) is 20.7. The number of likely N-dealkylation sites (N-methyl/N-ethyl adjacent to an activating group) is 1. The van der Waals surface area contributed by atoms with Crippen molar-refractivity contribution in [3.63, 3.8) is 0 Å². The molecular weight excluding hydrogens is 386 g/mol. The summed E-state index contributed by atoms with van der Waals surface area (Å²) in [4.78, 5) is 20.3. The van der Waals surface area contributed by atoms with Crippen LogP contribution in [-0.2, 0) is 10.3 Å². The number of hydrogen-bond acceptors (Lipinski definition) is 4. The van der Waals surface area contributed by atoms with E-state index in [9.17, 15) is 4.79 Å². The van der Waals surface area contributed by atoms with Gasteiger partial charge in [0.1, 0.15) is 12.2 Å². The van der Waals surface area contributed by atoms with Gasteiger partial charge in [-0.15, -0.1) is 0 Å². The van der Waals surface area contributed by atoms with Crippen molar-refractivity contribution in [2.24, 2.45) is 17.3 Å². The summed E-state index contributed by atoms with van der Waals surface area (Å²) in [5, 5.41) is 8.08. The smallest absolute Gasteiger partial charge is 0.226 e. The Hall–Kier alpha value is -2.21. The van der Waals surface area contributed by atoms with E-state index in [1.165, 1.54) is 17.5 Å².